The molecule has 33 heavy (non-hydrogen) atoms. The summed E-state index contributed by atoms with van der Waals surface area (Å²) in [7, 11) is 0. The Hall–Kier alpha value is -3.87. The van der Waals surface area contributed by atoms with Crippen molar-refractivity contribution in [2.24, 2.45) is 23.5 Å². The number of rotatable bonds is 3. The quantitative estimate of drug-likeness (QED) is 0.536. The number of fused-ring (bicyclic) bond motifs is 3. The standard InChI is InChI=1S/C26H23NO6/c27-26(33)22-18(29)11-15-9-14-10-16-13(8-12-4-2-1-3-5-12)6-7-17(28)21(16)24(31)19(14)23(30)20(15)25(22)32/h1-7,14-15,20,28-30H,8-11H2,(H2,27,33). The molecule has 3 unspecified atom stereocenters. The lowest BCUT2D eigenvalue weighted by molar-refractivity contribution is -0.126. The molecule has 0 radical (unpaired) electrons. The number of amides is 1. The maximum absolute atomic E-state index is 13.5. The number of allylic oxidation sites excluding steroid dienone is 3. The fraction of sp³-hybridized carbons (Fsp3) is 0.269. The second-order valence-electron chi connectivity index (χ2n) is 9.02. The van der Waals surface area contributed by atoms with Gasteiger partial charge < -0.3 is 21.1 Å². The molecule has 0 aliphatic heterocycles. The van der Waals surface area contributed by atoms with Gasteiger partial charge in [-0.2, -0.15) is 0 Å². The van der Waals surface area contributed by atoms with Crippen molar-refractivity contribution >= 4 is 17.5 Å². The van der Waals surface area contributed by atoms with Crippen LogP contribution in [0.1, 0.15) is 39.9 Å². The first kappa shape index (κ1) is 21.0. The zero-order chi connectivity index (χ0) is 23.4. The number of aromatic hydroxyl groups is 1. The second-order valence-corrected chi connectivity index (χ2v) is 9.02. The van der Waals surface area contributed by atoms with Crippen LogP contribution in [-0.4, -0.2) is 32.8 Å². The topological polar surface area (TPSA) is 138 Å². The van der Waals surface area contributed by atoms with Crippen LogP contribution >= 0.6 is 0 Å². The molecule has 0 bridgehead atoms. The van der Waals surface area contributed by atoms with Crippen molar-refractivity contribution in [1.29, 1.82) is 0 Å². The van der Waals surface area contributed by atoms with E-state index in [2.05, 4.69) is 0 Å². The second kappa shape index (κ2) is 7.62. The van der Waals surface area contributed by atoms with Crippen molar-refractivity contribution in [1.82, 2.24) is 0 Å². The minimum absolute atomic E-state index is 0.0283. The lowest BCUT2D eigenvalue weighted by Gasteiger charge is -2.41. The van der Waals surface area contributed by atoms with Gasteiger partial charge in [0.05, 0.1) is 11.5 Å². The number of hydrogen-bond acceptors (Lipinski definition) is 6. The molecule has 168 valence electrons. The number of hydrogen-bond donors (Lipinski definition) is 4. The zero-order valence-electron chi connectivity index (χ0n) is 17.7. The normalized spacial score (nSPS) is 24.3. The highest BCUT2D eigenvalue weighted by atomic mass is 16.3. The van der Waals surface area contributed by atoms with Crippen molar-refractivity contribution in [3.05, 3.63) is 87.4 Å². The molecule has 0 heterocycles. The third-order valence-electron chi connectivity index (χ3n) is 7.10. The molecule has 5 rings (SSSR count). The molecule has 2 aromatic carbocycles. The first-order valence-electron chi connectivity index (χ1n) is 10.9. The Kier molecular flexibility index (Phi) is 4.85. The van der Waals surface area contributed by atoms with Gasteiger partial charge >= 0.3 is 0 Å². The average molecular weight is 445 g/mol. The number of ketones is 2. The molecule has 0 spiro atoms. The molecule has 7 heteroatoms. The van der Waals surface area contributed by atoms with Gasteiger partial charge in [0.1, 0.15) is 22.8 Å². The fourth-order valence-electron chi connectivity index (χ4n) is 5.69. The van der Waals surface area contributed by atoms with Crippen molar-refractivity contribution in [3.8, 4) is 5.75 Å². The third-order valence-corrected chi connectivity index (χ3v) is 7.10. The van der Waals surface area contributed by atoms with Crippen LogP contribution in [0.2, 0.25) is 0 Å². The smallest absolute Gasteiger partial charge is 0.255 e. The number of nitrogens with two attached hydrogens (primary N) is 1. The van der Waals surface area contributed by atoms with Crippen molar-refractivity contribution in [3.63, 3.8) is 0 Å². The van der Waals surface area contributed by atoms with Gasteiger partial charge in [0.15, 0.2) is 11.6 Å². The van der Waals surface area contributed by atoms with Gasteiger partial charge in [-0.15, -0.1) is 0 Å². The van der Waals surface area contributed by atoms with Crippen LogP contribution in [-0.2, 0) is 22.4 Å². The third kappa shape index (κ3) is 3.23. The Balaban J connectivity index is 1.59. The zero-order valence-corrected chi connectivity index (χ0v) is 17.7. The van der Waals surface area contributed by atoms with Crippen molar-refractivity contribution < 1.29 is 29.7 Å². The lowest BCUT2D eigenvalue weighted by Crippen LogP contribution is -2.43. The summed E-state index contributed by atoms with van der Waals surface area (Å²) in [4.78, 5) is 38.1. The highest BCUT2D eigenvalue weighted by Gasteiger charge is 2.50. The molecule has 0 saturated carbocycles. The summed E-state index contributed by atoms with van der Waals surface area (Å²) in [6, 6.07) is 13.1. The van der Waals surface area contributed by atoms with Crippen LogP contribution in [0, 0.1) is 17.8 Å². The molecule has 2 aromatic rings. The maximum atomic E-state index is 13.5. The number of Topliss-reactive ketones (excluding diaryl/α,β-unsaturated/α-hetero) is 2. The predicted octanol–water partition coefficient (Wildman–Crippen LogP) is 3.06. The Labute approximate surface area is 189 Å². The highest BCUT2D eigenvalue weighted by Crippen LogP contribution is 2.49. The van der Waals surface area contributed by atoms with E-state index in [1.165, 1.54) is 6.07 Å². The molecule has 7 nitrogen and oxygen atoms in total. The van der Waals surface area contributed by atoms with E-state index >= 15 is 0 Å². The van der Waals surface area contributed by atoms with Crippen LogP contribution in [0.4, 0.5) is 0 Å². The molecule has 1 amide bonds. The Morgan fingerprint density at radius 3 is 2.42 bits per heavy atom. The summed E-state index contributed by atoms with van der Waals surface area (Å²) in [5, 5.41) is 31.8. The molecule has 0 saturated heterocycles. The van der Waals surface area contributed by atoms with Crippen LogP contribution in [0.3, 0.4) is 0 Å². The number of aliphatic hydroxyl groups excluding tert-OH is 2. The Morgan fingerprint density at radius 1 is 1.00 bits per heavy atom. The lowest BCUT2D eigenvalue weighted by atomic mass is 9.62. The number of phenolic OH excluding ortho intramolecular Hbond substituents is 1. The summed E-state index contributed by atoms with van der Waals surface area (Å²) < 4.78 is 0. The molecular weight excluding hydrogens is 422 g/mol. The van der Waals surface area contributed by atoms with E-state index in [-0.39, 0.29) is 40.7 Å². The Morgan fingerprint density at radius 2 is 1.73 bits per heavy atom. The summed E-state index contributed by atoms with van der Waals surface area (Å²) in [6.45, 7) is 0. The summed E-state index contributed by atoms with van der Waals surface area (Å²) in [6.07, 6.45) is 1.42. The van der Waals surface area contributed by atoms with Crippen LogP contribution in [0.15, 0.2) is 65.1 Å². The molecule has 0 fully saturated rings. The molecule has 3 aliphatic carbocycles. The van der Waals surface area contributed by atoms with Gasteiger partial charge in [-0.05, 0) is 53.9 Å². The van der Waals surface area contributed by atoms with Crippen LogP contribution in [0.5, 0.6) is 5.75 Å². The number of primary amides is 1. The number of carbonyl (C=O) groups is 3. The minimum Gasteiger partial charge on any atom is -0.511 e. The van der Waals surface area contributed by atoms with E-state index in [1.807, 2.05) is 36.4 Å². The van der Waals surface area contributed by atoms with E-state index in [4.69, 9.17) is 5.73 Å². The summed E-state index contributed by atoms with van der Waals surface area (Å²) in [5.74, 6) is -5.15. The summed E-state index contributed by atoms with van der Waals surface area (Å²) in [5.41, 5.74) is 7.73. The van der Waals surface area contributed by atoms with E-state index in [0.29, 0.717) is 19.3 Å². The minimum atomic E-state index is -1.10. The Bertz CT molecular complexity index is 1270. The van der Waals surface area contributed by atoms with E-state index in [9.17, 15) is 29.7 Å². The molecule has 3 aliphatic rings. The predicted molar refractivity (Wildman–Crippen MR) is 119 cm³/mol. The fourth-order valence-corrected chi connectivity index (χ4v) is 5.69. The molecule has 0 aromatic heterocycles. The average Bonchev–Trinajstić information content (AvgIpc) is 2.75. The maximum Gasteiger partial charge on any atom is 0.255 e. The first-order valence-corrected chi connectivity index (χ1v) is 10.9. The van der Waals surface area contributed by atoms with Gasteiger partial charge in [0, 0.05) is 12.0 Å². The van der Waals surface area contributed by atoms with Gasteiger partial charge in [0.2, 0.25) is 0 Å². The van der Waals surface area contributed by atoms with Gasteiger partial charge in [-0.25, -0.2) is 0 Å². The van der Waals surface area contributed by atoms with Crippen molar-refractivity contribution in [2.45, 2.75) is 25.7 Å². The SMILES string of the molecule is NC(=O)C1=C(O)CC2CC3Cc4c(Cc5ccccc5)ccc(O)c4C(=O)C3=C(O)C2C1=O. The molecule has 3 atom stereocenters. The van der Waals surface area contributed by atoms with Crippen LogP contribution in [0.25, 0.3) is 0 Å². The van der Waals surface area contributed by atoms with Crippen molar-refractivity contribution in [2.75, 3.05) is 0 Å². The monoisotopic (exact) mass is 445 g/mol. The number of aliphatic hydroxyl groups is 2. The molecular formula is C26H23NO6. The molecule has 5 N–H and O–H groups in total. The van der Waals surface area contributed by atoms with Gasteiger partial charge in [0.25, 0.3) is 5.91 Å². The highest BCUT2D eigenvalue weighted by molar-refractivity contribution is 6.22. The summed E-state index contributed by atoms with van der Waals surface area (Å²) >= 11 is 0. The van der Waals surface area contributed by atoms with Gasteiger partial charge in [-0.1, -0.05) is 36.4 Å². The number of carbonyl (C=O) groups excluding carboxylic acids is 3. The number of phenols is 1. The van der Waals surface area contributed by atoms with E-state index in [1.54, 1.807) is 0 Å². The number of benzene rings is 2. The van der Waals surface area contributed by atoms with E-state index in [0.717, 1.165) is 16.7 Å². The van der Waals surface area contributed by atoms with Gasteiger partial charge in [-0.3, -0.25) is 14.4 Å². The van der Waals surface area contributed by atoms with Crippen LogP contribution < -0.4 is 5.73 Å². The largest absolute Gasteiger partial charge is 0.511 e. The van der Waals surface area contributed by atoms with E-state index < -0.39 is 34.9 Å². The first-order chi connectivity index (χ1) is 15.8.